The molecule has 1 aromatic carbocycles. The fourth-order valence-corrected chi connectivity index (χ4v) is 3.50. The van der Waals surface area contributed by atoms with Crippen LogP contribution in [0, 0.1) is 5.92 Å². The number of benzene rings is 1. The summed E-state index contributed by atoms with van der Waals surface area (Å²) in [6, 6.07) is 8.18. The lowest BCUT2D eigenvalue weighted by Gasteiger charge is -2.11. The number of unbranched alkanes of at least 4 members (excludes halogenated alkanes) is 9. The first-order valence-electron chi connectivity index (χ1n) is 12.3. The van der Waals surface area contributed by atoms with Gasteiger partial charge in [-0.15, -0.1) is 0 Å². The highest BCUT2D eigenvalue weighted by atomic mass is 16.5. The van der Waals surface area contributed by atoms with E-state index in [2.05, 4.69) is 42.9 Å². The van der Waals surface area contributed by atoms with Crippen LogP contribution in [0.4, 0.5) is 0 Å². The first kappa shape index (κ1) is 24.4. The number of aromatic nitrogens is 2. The van der Waals surface area contributed by atoms with Gasteiger partial charge in [0.25, 0.3) is 0 Å². The largest absolute Gasteiger partial charge is 0.493 e. The van der Waals surface area contributed by atoms with E-state index in [0.29, 0.717) is 5.92 Å². The van der Waals surface area contributed by atoms with Crippen molar-refractivity contribution in [3.8, 4) is 17.0 Å². The summed E-state index contributed by atoms with van der Waals surface area (Å²) in [5, 5.41) is 0. The van der Waals surface area contributed by atoms with Crippen LogP contribution in [0.1, 0.15) is 97.1 Å². The first-order valence-corrected chi connectivity index (χ1v) is 12.3. The van der Waals surface area contributed by atoms with Gasteiger partial charge < -0.3 is 4.74 Å². The van der Waals surface area contributed by atoms with Gasteiger partial charge in [0, 0.05) is 11.8 Å². The van der Waals surface area contributed by atoms with Crippen molar-refractivity contribution in [2.45, 2.75) is 97.8 Å². The minimum absolute atomic E-state index is 0.582. The first-order chi connectivity index (χ1) is 14.7. The maximum atomic E-state index is 5.83. The molecule has 0 amide bonds. The van der Waals surface area contributed by atoms with E-state index >= 15 is 0 Å². The van der Waals surface area contributed by atoms with Crippen LogP contribution in [0.25, 0.3) is 11.3 Å². The molecule has 2 aromatic rings. The molecule has 1 aromatic heterocycles. The highest BCUT2D eigenvalue weighted by Crippen LogP contribution is 2.21. The molecule has 1 atom stereocenters. The zero-order chi connectivity index (χ0) is 21.4. The van der Waals surface area contributed by atoms with Crippen molar-refractivity contribution in [1.29, 1.82) is 0 Å². The fraction of sp³-hybridized carbons (Fsp3) is 0.630. The predicted molar refractivity (Wildman–Crippen MR) is 128 cm³/mol. The van der Waals surface area contributed by atoms with Gasteiger partial charge in [-0.3, -0.25) is 9.97 Å². The van der Waals surface area contributed by atoms with Gasteiger partial charge in [0.2, 0.25) is 0 Å². The Morgan fingerprint density at radius 3 is 1.97 bits per heavy atom. The van der Waals surface area contributed by atoms with Gasteiger partial charge in [-0.25, -0.2) is 0 Å². The molecule has 0 aliphatic carbocycles. The van der Waals surface area contributed by atoms with Crippen LogP contribution in [0.2, 0.25) is 0 Å². The second-order valence-electron chi connectivity index (χ2n) is 8.67. The van der Waals surface area contributed by atoms with E-state index in [1.807, 2.05) is 24.5 Å². The maximum Gasteiger partial charge on any atom is 0.119 e. The molecule has 0 saturated carbocycles. The molecule has 0 aliphatic heterocycles. The third kappa shape index (κ3) is 9.73. The van der Waals surface area contributed by atoms with Crippen LogP contribution in [0.5, 0.6) is 5.75 Å². The van der Waals surface area contributed by atoms with Crippen molar-refractivity contribution >= 4 is 0 Å². The van der Waals surface area contributed by atoms with E-state index in [1.165, 1.54) is 64.2 Å². The topological polar surface area (TPSA) is 35.0 Å². The predicted octanol–water partition coefficient (Wildman–Crippen LogP) is 8.03. The second-order valence-corrected chi connectivity index (χ2v) is 8.67. The Bertz CT molecular complexity index is 666. The molecule has 0 aliphatic rings. The zero-order valence-electron chi connectivity index (χ0n) is 19.5. The van der Waals surface area contributed by atoms with Gasteiger partial charge in [-0.05, 0) is 43.0 Å². The third-order valence-electron chi connectivity index (χ3n) is 5.87. The zero-order valence-corrected chi connectivity index (χ0v) is 19.5. The van der Waals surface area contributed by atoms with Crippen molar-refractivity contribution in [2.75, 3.05) is 6.61 Å². The van der Waals surface area contributed by atoms with Crippen LogP contribution >= 0.6 is 0 Å². The molecule has 0 radical (unpaired) electrons. The summed E-state index contributed by atoms with van der Waals surface area (Å²) in [6.45, 7) is 7.44. The molecule has 30 heavy (non-hydrogen) atoms. The van der Waals surface area contributed by atoms with Crippen molar-refractivity contribution in [1.82, 2.24) is 9.97 Å². The van der Waals surface area contributed by atoms with Crippen molar-refractivity contribution < 1.29 is 4.74 Å². The summed E-state index contributed by atoms with van der Waals surface area (Å²) in [5.74, 6) is 1.50. The Kier molecular flexibility index (Phi) is 12.2. The van der Waals surface area contributed by atoms with Crippen LogP contribution in [0.15, 0.2) is 36.7 Å². The number of hydrogen-bond donors (Lipinski definition) is 0. The highest BCUT2D eigenvalue weighted by molar-refractivity contribution is 5.58. The lowest BCUT2D eigenvalue weighted by atomic mass is 10.1. The normalized spacial score (nSPS) is 12.1. The Morgan fingerprint density at radius 2 is 1.40 bits per heavy atom. The Labute approximate surface area is 184 Å². The lowest BCUT2D eigenvalue weighted by molar-refractivity contribution is 0.256. The van der Waals surface area contributed by atoms with Gasteiger partial charge in [-0.2, -0.15) is 0 Å². The maximum absolute atomic E-state index is 5.83. The average Bonchev–Trinajstić information content (AvgIpc) is 2.79. The summed E-state index contributed by atoms with van der Waals surface area (Å²) in [7, 11) is 0. The van der Waals surface area contributed by atoms with Gasteiger partial charge >= 0.3 is 0 Å². The van der Waals surface area contributed by atoms with E-state index in [-0.39, 0.29) is 0 Å². The molecular weight excluding hydrogens is 368 g/mol. The molecule has 0 saturated heterocycles. The van der Waals surface area contributed by atoms with Gasteiger partial charge in [0.1, 0.15) is 5.75 Å². The highest BCUT2D eigenvalue weighted by Gasteiger charge is 2.04. The molecule has 166 valence electrons. The second kappa shape index (κ2) is 15.0. The summed E-state index contributed by atoms with van der Waals surface area (Å²) in [5.41, 5.74) is 3.12. The van der Waals surface area contributed by atoms with Crippen LogP contribution in [0.3, 0.4) is 0 Å². The standard InChI is InChI=1S/C27H42N2O/c1-4-6-7-8-9-10-11-12-13-14-15-25-20-29-27(21-28-25)24-16-18-26(19-17-24)30-22-23(3)5-2/h16-21,23H,4-15,22H2,1-3H3/t23-/m0/s1. The van der Waals surface area contributed by atoms with E-state index in [1.54, 1.807) is 0 Å². The Hall–Kier alpha value is -1.90. The third-order valence-corrected chi connectivity index (χ3v) is 5.87. The van der Waals surface area contributed by atoms with E-state index in [9.17, 15) is 0 Å². The summed E-state index contributed by atoms with van der Waals surface area (Å²) >= 11 is 0. The van der Waals surface area contributed by atoms with E-state index in [4.69, 9.17) is 4.74 Å². The van der Waals surface area contributed by atoms with Gasteiger partial charge in [-0.1, -0.05) is 85.0 Å². The molecule has 0 bridgehead atoms. The van der Waals surface area contributed by atoms with Gasteiger partial charge in [0.05, 0.1) is 24.2 Å². The van der Waals surface area contributed by atoms with Crippen LogP contribution < -0.4 is 4.74 Å². The van der Waals surface area contributed by atoms with E-state index < -0.39 is 0 Å². The molecule has 3 heteroatoms. The molecule has 0 unspecified atom stereocenters. The average molecular weight is 411 g/mol. The van der Waals surface area contributed by atoms with Crippen molar-refractivity contribution in [2.24, 2.45) is 5.92 Å². The van der Waals surface area contributed by atoms with Crippen molar-refractivity contribution in [3.63, 3.8) is 0 Å². The molecule has 1 heterocycles. The molecule has 3 nitrogen and oxygen atoms in total. The number of aryl methyl sites for hydroxylation is 1. The Morgan fingerprint density at radius 1 is 0.767 bits per heavy atom. The van der Waals surface area contributed by atoms with E-state index in [0.717, 1.165) is 42.1 Å². The molecule has 2 rings (SSSR count). The lowest BCUT2D eigenvalue weighted by Crippen LogP contribution is -2.07. The van der Waals surface area contributed by atoms with Crippen molar-refractivity contribution in [3.05, 3.63) is 42.4 Å². The molecule has 0 fully saturated rings. The minimum Gasteiger partial charge on any atom is -0.493 e. The number of ether oxygens (including phenoxy) is 1. The summed E-state index contributed by atoms with van der Waals surface area (Å²) < 4.78 is 5.83. The molecular formula is C27H42N2O. The van der Waals surface area contributed by atoms with Crippen LogP contribution in [-0.2, 0) is 6.42 Å². The summed E-state index contributed by atoms with van der Waals surface area (Å²) in [4.78, 5) is 9.26. The summed E-state index contributed by atoms with van der Waals surface area (Å²) in [6.07, 6.45) is 19.7. The smallest absolute Gasteiger partial charge is 0.119 e. The minimum atomic E-state index is 0.582. The molecule has 0 N–H and O–H groups in total. The number of rotatable bonds is 16. The van der Waals surface area contributed by atoms with Crippen LogP contribution in [-0.4, -0.2) is 16.6 Å². The number of hydrogen-bond acceptors (Lipinski definition) is 3. The molecule has 0 spiro atoms. The van der Waals surface area contributed by atoms with Gasteiger partial charge in [0.15, 0.2) is 0 Å². The monoisotopic (exact) mass is 410 g/mol. The number of nitrogens with zero attached hydrogens (tertiary/aromatic N) is 2. The Balaban J connectivity index is 1.64. The quantitative estimate of drug-likeness (QED) is 0.263. The fourth-order valence-electron chi connectivity index (χ4n) is 3.50. The SMILES string of the molecule is CCCCCCCCCCCCc1cnc(-c2ccc(OC[C@@H](C)CC)cc2)cn1.